The summed E-state index contributed by atoms with van der Waals surface area (Å²) in [6, 6.07) is 15.8. The van der Waals surface area contributed by atoms with E-state index in [1.165, 1.54) is 0 Å². The molecule has 0 aliphatic rings. The fourth-order valence-corrected chi connectivity index (χ4v) is 3.32. The van der Waals surface area contributed by atoms with E-state index in [4.69, 9.17) is 23.2 Å². The van der Waals surface area contributed by atoms with Crippen molar-refractivity contribution in [1.29, 1.82) is 0 Å². The molecule has 1 amide bonds. The molecule has 0 aliphatic carbocycles. The Labute approximate surface area is 180 Å². The topological polar surface area (TPSA) is 57.8 Å². The van der Waals surface area contributed by atoms with Gasteiger partial charge in [0, 0.05) is 17.8 Å². The van der Waals surface area contributed by atoms with Crippen LogP contribution < -0.4 is 5.32 Å². The highest BCUT2D eigenvalue weighted by Gasteiger charge is 2.12. The number of aromatic amines is 1. The van der Waals surface area contributed by atoms with Crippen molar-refractivity contribution in [3.05, 3.63) is 94.3 Å². The van der Waals surface area contributed by atoms with Crippen LogP contribution in [0.2, 0.25) is 5.02 Å². The predicted molar refractivity (Wildman–Crippen MR) is 116 cm³/mol. The Morgan fingerprint density at radius 2 is 1.80 bits per heavy atom. The van der Waals surface area contributed by atoms with Crippen molar-refractivity contribution < 1.29 is 13.6 Å². The number of fused-ring (bicyclic) bond motifs is 1. The Morgan fingerprint density at radius 1 is 1.03 bits per heavy atom. The number of hydrogen-bond donors (Lipinski definition) is 2. The SMILES string of the molecule is O=C(Nc1cccc(C=C(Cl)c2nc3cc(F)c(F)cc3[nH]2)c1)c1ccccc1Cl. The smallest absolute Gasteiger partial charge is 0.257 e. The monoisotopic (exact) mass is 443 g/mol. The molecule has 150 valence electrons. The molecule has 8 heteroatoms. The largest absolute Gasteiger partial charge is 0.337 e. The van der Waals surface area contributed by atoms with E-state index >= 15 is 0 Å². The quantitative estimate of drug-likeness (QED) is 0.378. The first kappa shape index (κ1) is 20.1. The van der Waals surface area contributed by atoms with E-state index in [1.807, 2.05) is 0 Å². The fraction of sp³-hybridized carbons (Fsp3) is 0. The summed E-state index contributed by atoms with van der Waals surface area (Å²) < 4.78 is 26.8. The molecule has 0 fully saturated rings. The highest BCUT2D eigenvalue weighted by atomic mass is 35.5. The lowest BCUT2D eigenvalue weighted by atomic mass is 10.1. The van der Waals surface area contributed by atoms with Crippen LogP contribution in [0, 0.1) is 11.6 Å². The van der Waals surface area contributed by atoms with Gasteiger partial charge in [0.25, 0.3) is 5.91 Å². The van der Waals surface area contributed by atoms with Gasteiger partial charge in [0.1, 0.15) is 5.82 Å². The standard InChI is InChI=1S/C22H13Cl2F2N3O/c23-15-7-2-1-6-14(15)22(30)27-13-5-3-4-12(8-13)9-16(24)21-28-19-10-17(25)18(26)11-20(19)29-21/h1-11H,(H,27,30)(H,28,29). The van der Waals surface area contributed by atoms with Gasteiger partial charge in [0.05, 0.1) is 26.7 Å². The maximum absolute atomic E-state index is 13.4. The van der Waals surface area contributed by atoms with Crippen molar-refractivity contribution in [3.63, 3.8) is 0 Å². The van der Waals surface area contributed by atoms with Crippen LogP contribution in [0.15, 0.2) is 60.7 Å². The third kappa shape index (κ3) is 4.20. The molecule has 0 radical (unpaired) electrons. The predicted octanol–water partition coefficient (Wildman–Crippen LogP) is 6.48. The van der Waals surface area contributed by atoms with Gasteiger partial charge in [-0.2, -0.15) is 0 Å². The number of rotatable bonds is 4. The van der Waals surface area contributed by atoms with Crippen molar-refractivity contribution >= 4 is 56.9 Å². The Morgan fingerprint density at radius 3 is 2.60 bits per heavy atom. The third-order valence-electron chi connectivity index (χ3n) is 4.31. The summed E-state index contributed by atoms with van der Waals surface area (Å²) in [4.78, 5) is 19.5. The summed E-state index contributed by atoms with van der Waals surface area (Å²) >= 11 is 12.4. The summed E-state index contributed by atoms with van der Waals surface area (Å²) in [5, 5.41) is 3.38. The zero-order chi connectivity index (χ0) is 21.3. The molecule has 2 N–H and O–H groups in total. The number of benzene rings is 3. The zero-order valence-corrected chi connectivity index (χ0v) is 16.7. The molecule has 1 heterocycles. The molecule has 0 saturated heterocycles. The van der Waals surface area contributed by atoms with Gasteiger partial charge in [-0.05, 0) is 35.9 Å². The fourth-order valence-electron chi connectivity index (χ4n) is 2.88. The van der Waals surface area contributed by atoms with Gasteiger partial charge in [-0.25, -0.2) is 13.8 Å². The van der Waals surface area contributed by atoms with Gasteiger partial charge in [0.15, 0.2) is 11.6 Å². The summed E-state index contributed by atoms with van der Waals surface area (Å²) in [5.74, 6) is -2.03. The van der Waals surface area contributed by atoms with Crippen molar-refractivity contribution in [3.8, 4) is 0 Å². The van der Waals surface area contributed by atoms with Gasteiger partial charge in [0.2, 0.25) is 0 Å². The van der Waals surface area contributed by atoms with Crippen molar-refractivity contribution in [1.82, 2.24) is 9.97 Å². The van der Waals surface area contributed by atoms with Crippen LogP contribution >= 0.6 is 23.2 Å². The van der Waals surface area contributed by atoms with E-state index in [0.29, 0.717) is 27.4 Å². The van der Waals surface area contributed by atoms with Crippen LogP contribution in [0.5, 0.6) is 0 Å². The summed E-state index contributed by atoms with van der Waals surface area (Å²) in [6.07, 6.45) is 1.62. The number of imidazole rings is 1. The van der Waals surface area contributed by atoms with E-state index in [1.54, 1.807) is 54.6 Å². The number of anilines is 1. The number of H-pyrrole nitrogens is 1. The van der Waals surface area contributed by atoms with Crippen LogP contribution in [0.1, 0.15) is 21.7 Å². The first-order valence-corrected chi connectivity index (χ1v) is 9.54. The molecule has 30 heavy (non-hydrogen) atoms. The normalized spacial score (nSPS) is 11.7. The second kappa shape index (κ2) is 8.26. The number of nitrogens with zero attached hydrogens (tertiary/aromatic N) is 1. The molecule has 0 aliphatic heterocycles. The van der Waals surface area contributed by atoms with Gasteiger partial charge >= 0.3 is 0 Å². The van der Waals surface area contributed by atoms with E-state index in [2.05, 4.69) is 15.3 Å². The number of amides is 1. The second-order valence-electron chi connectivity index (χ2n) is 6.42. The highest BCUT2D eigenvalue weighted by molar-refractivity contribution is 6.50. The molecule has 4 aromatic rings. The Bertz CT molecular complexity index is 1260. The Hall–Kier alpha value is -3.22. The number of nitrogens with one attached hydrogen (secondary N) is 2. The average molecular weight is 444 g/mol. The van der Waals surface area contributed by atoms with Gasteiger partial charge in [-0.1, -0.05) is 47.5 Å². The van der Waals surface area contributed by atoms with E-state index < -0.39 is 11.6 Å². The first-order chi connectivity index (χ1) is 14.4. The number of aromatic nitrogens is 2. The van der Waals surface area contributed by atoms with Crippen LogP contribution in [-0.4, -0.2) is 15.9 Å². The van der Waals surface area contributed by atoms with Crippen LogP contribution in [-0.2, 0) is 0 Å². The first-order valence-electron chi connectivity index (χ1n) is 8.79. The summed E-state index contributed by atoms with van der Waals surface area (Å²) in [6.45, 7) is 0. The van der Waals surface area contributed by atoms with Crippen molar-refractivity contribution in [2.75, 3.05) is 5.32 Å². The number of carbonyl (C=O) groups excluding carboxylic acids is 1. The lowest BCUT2D eigenvalue weighted by Gasteiger charge is -2.07. The average Bonchev–Trinajstić information content (AvgIpc) is 3.12. The van der Waals surface area contributed by atoms with Crippen molar-refractivity contribution in [2.45, 2.75) is 0 Å². The van der Waals surface area contributed by atoms with E-state index in [-0.39, 0.29) is 22.3 Å². The molecular formula is C22H13Cl2F2N3O. The number of carbonyl (C=O) groups is 1. The molecule has 3 aromatic carbocycles. The Balaban J connectivity index is 1.58. The molecule has 4 rings (SSSR count). The summed E-state index contributed by atoms with van der Waals surface area (Å²) in [5.41, 5.74) is 2.19. The maximum Gasteiger partial charge on any atom is 0.257 e. The van der Waals surface area contributed by atoms with Gasteiger partial charge in [-0.3, -0.25) is 4.79 Å². The number of hydrogen-bond acceptors (Lipinski definition) is 2. The third-order valence-corrected chi connectivity index (χ3v) is 4.92. The Kier molecular flexibility index (Phi) is 5.53. The summed E-state index contributed by atoms with van der Waals surface area (Å²) in [7, 11) is 0. The zero-order valence-electron chi connectivity index (χ0n) is 15.2. The molecule has 0 spiro atoms. The lowest BCUT2D eigenvalue weighted by molar-refractivity contribution is 0.102. The minimum atomic E-state index is -0.984. The molecule has 0 atom stereocenters. The second-order valence-corrected chi connectivity index (χ2v) is 7.23. The van der Waals surface area contributed by atoms with E-state index in [0.717, 1.165) is 12.1 Å². The van der Waals surface area contributed by atoms with Gasteiger partial charge < -0.3 is 10.3 Å². The molecule has 0 bridgehead atoms. The van der Waals surface area contributed by atoms with Crippen LogP contribution in [0.3, 0.4) is 0 Å². The molecule has 4 nitrogen and oxygen atoms in total. The molecular weight excluding hydrogens is 431 g/mol. The molecule has 1 aromatic heterocycles. The van der Waals surface area contributed by atoms with Crippen LogP contribution in [0.4, 0.5) is 14.5 Å². The lowest BCUT2D eigenvalue weighted by Crippen LogP contribution is -2.12. The van der Waals surface area contributed by atoms with E-state index in [9.17, 15) is 13.6 Å². The van der Waals surface area contributed by atoms with Crippen LogP contribution in [0.25, 0.3) is 22.1 Å². The maximum atomic E-state index is 13.4. The molecule has 0 unspecified atom stereocenters. The van der Waals surface area contributed by atoms with Gasteiger partial charge in [-0.15, -0.1) is 0 Å². The molecule has 0 saturated carbocycles. The van der Waals surface area contributed by atoms with Crippen molar-refractivity contribution in [2.24, 2.45) is 0 Å². The minimum Gasteiger partial charge on any atom is -0.337 e. The number of halogens is 4. The minimum absolute atomic E-state index is 0.238. The highest BCUT2D eigenvalue weighted by Crippen LogP contribution is 2.25.